The van der Waals surface area contributed by atoms with Crippen molar-refractivity contribution in [2.75, 3.05) is 19.8 Å². The van der Waals surface area contributed by atoms with Gasteiger partial charge in [-0.25, -0.2) is 8.78 Å². The highest BCUT2D eigenvalue weighted by atomic mass is 19.4. The topological polar surface area (TPSA) is 21.3 Å². The van der Waals surface area contributed by atoms with Crippen molar-refractivity contribution in [2.45, 2.75) is 12.7 Å². The average Bonchev–Trinajstić information content (AvgIpc) is 2.25. The van der Waals surface area contributed by atoms with Crippen molar-refractivity contribution < 1.29 is 26.7 Å². The monoisotopic (exact) mass is 269 g/mol. The minimum atomic E-state index is -4.36. The zero-order valence-corrected chi connectivity index (χ0v) is 9.36. The van der Waals surface area contributed by atoms with E-state index < -0.39 is 24.4 Å². The highest BCUT2D eigenvalue weighted by Gasteiger charge is 2.27. The van der Waals surface area contributed by atoms with Gasteiger partial charge in [-0.15, -0.1) is 0 Å². The van der Waals surface area contributed by atoms with Crippen LogP contribution in [0.3, 0.4) is 0 Å². The second-order valence-corrected chi connectivity index (χ2v) is 3.54. The van der Waals surface area contributed by atoms with Crippen LogP contribution in [0, 0.1) is 11.6 Å². The Hall–Kier alpha value is -1.21. The van der Waals surface area contributed by atoms with Crippen LogP contribution in [0.5, 0.6) is 0 Å². The van der Waals surface area contributed by atoms with Gasteiger partial charge in [0.05, 0.1) is 6.61 Å². The Morgan fingerprint density at radius 3 is 2.28 bits per heavy atom. The van der Waals surface area contributed by atoms with Crippen molar-refractivity contribution in [1.82, 2.24) is 5.32 Å². The van der Waals surface area contributed by atoms with Crippen molar-refractivity contribution in [1.29, 1.82) is 0 Å². The van der Waals surface area contributed by atoms with E-state index in [9.17, 15) is 22.0 Å². The van der Waals surface area contributed by atoms with E-state index in [1.807, 2.05) is 0 Å². The highest BCUT2D eigenvalue weighted by molar-refractivity contribution is 5.19. The maximum absolute atomic E-state index is 13.1. The quantitative estimate of drug-likeness (QED) is 0.633. The molecule has 1 aromatic rings. The Kier molecular flexibility index (Phi) is 5.49. The maximum Gasteiger partial charge on any atom is 0.411 e. The predicted molar refractivity (Wildman–Crippen MR) is 54.9 cm³/mol. The molecule has 0 fully saturated rings. The molecule has 0 unspecified atom stereocenters. The molecule has 0 saturated heterocycles. The number of halogens is 5. The van der Waals surface area contributed by atoms with Crippen LogP contribution in [0.1, 0.15) is 5.56 Å². The third-order valence-electron chi connectivity index (χ3n) is 2.05. The predicted octanol–water partition coefficient (Wildman–Crippen LogP) is 2.63. The third-order valence-corrected chi connectivity index (χ3v) is 2.05. The lowest BCUT2D eigenvalue weighted by Crippen LogP contribution is -2.24. The summed E-state index contributed by atoms with van der Waals surface area (Å²) in [6.07, 6.45) is -4.36. The van der Waals surface area contributed by atoms with E-state index >= 15 is 0 Å². The molecule has 0 aliphatic heterocycles. The van der Waals surface area contributed by atoms with E-state index in [1.54, 1.807) is 0 Å². The molecule has 102 valence electrons. The summed E-state index contributed by atoms with van der Waals surface area (Å²) in [4.78, 5) is 0. The molecule has 1 rings (SSSR count). The van der Waals surface area contributed by atoms with Gasteiger partial charge in [0.25, 0.3) is 0 Å². The molecule has 0 aliphatic rings. The fraction of sp³-hybridized carbons (Fsp3) is 0.455. The summed E-state index contributed by atoms with van der Waals surface area (Å²) in [5, 5.41) is 2.60. The Labute approximate surface area is 101 Å². The first-order valence-corrected chi connectivity index (χ1v) is 5.18. The second kappa shape index (κ2) is 6.65. The van der Waals surface area contributed by atoms with Gasteiger partial charge in [0.2, 0.25) is 0 Å². The van der Waals surface area contributed by atoms with Gasteiger partial charge in [-0.2, -0.15) is 13.2 Å². The van der Waals surface area contributed by atoms with Gasteiger partial charge < -0.3 is 10.1 Å². The number of alkyl halides is 3. The molecule has 0 spiro atoms. The van der Waals surface area contributed by atoms with Crippen molar-refractivity contribution in [3.05, 3.63) is 35.4 Å². The van der Waals surface area contributed by atoms with Gasteiger partial charge in [-0.05, 0) is 12.1 Å². The Balaban J connectivity index is 2.22. The Morgan fingerprint density at radius 1 is 1.11 bits per heavy atom. The number of hydrogen-bond donors (Lipinski definition) is 1. The zero-order valence-electron chi connectivity index (χ0n) is 9.36. The molecule has 0 bridgehead atoms. The number of nitrogens with one attached hydrogen (secondary N) is 1. The van der Waals surface area contributed by atoms with E-state index in [2.05, 4.69) is 10.1 Å². The van der Waals surface area contributed by atoms with Crippen molar-refractivity contribution in [2.24, 2.45) is 0 Å². The van der Waals surface area contributed by atoms with Crippen LogP contribution in [-0.2, 0) is 11.3 Å². The molecular weight excluding hydrogens is 257 g/mol. The van der Waals surface area contributed by atoms with Crippen LogP contribution >= 0.6 is 0 Å². The first kappa shape index (κ1) is 14.8. The molecule has 2 nitrogen and oxygen atoms in total. The van der Waals surface area contributed by atoms with Crippen molar-refractivity contribution in [3.8, 4) is 0 Å². The lowest BCUT2D eigenvalue weighted by Gasteiger charge is -2.09. The molecule has 0 aromatic heterocycles. The van der Waals surface area contributed by atoms with Crippen LogP contribution in [0.15, 0.2) is 18.2 Å². The normalized spacial score (nSPS) is 11.8. The summed E-state index contributed by atoms with van der Waals surface area (Å²) in [5.74, 6) is -1.39. The largest absolute Gasteiger partial charge is 0.411 e. The smallest absolute Gasteiger partial charge is 0.371 e. The molecule has 0 heterocycles. The minimum Gasteiger partial charge on any atom is -0.371 e. The summed E-state index contributed by atoms with van der Waals surface area (Å²) < 4.78 is 65.6. The molecule has 0 amide bonds. The zero-order chi connectivity index (χ0) is 13.6. The van der Waals surface area contributed by atoms with E-state index in [-0.39, 0.29) is 25.3 Å². The molecule has 0 saturated carbocycles. The number of benzene rings is 1. The number of rotatable bonds is 6. The van der Waals surface area contributed by atoms with Gasteiger partial charge in [0.15, 0.2) is 0 Å². The molecule has 0 atom stereocenters. The van der Waals surface area contributed by atoms with E-state index in [0.29, 0.717) is 0 Å². The molecule has 0 radical (unpaired) electrons. The minimum absolute atomic E-state index is 0.0733. The molecule has 0 aliphatic carbocycles. The van der Waals surface area contributed by atoms with E-state index in [0.717, 1.165) is 12.1 Å². The van der Waals surface area contributed by atoms with Gasteiger partial charge >= 0.3 is 6.18 Å². The van der Waals surface area contributed by atoms with Crippen LogP contribution in [0.25, 0.3) is 0 Å². The van der Waals surface area contributed by atoms with Gasteiger partial charge in [0, 0.05) is 18.7 Å². The summed E-state index contributed by atoms with van der Waals surface area (Å²) in [7, 11) is 0. The first-order valence-electron chi connectivity index (χ1n) is 5.18. The highest BCUT2D eigenvalue weighted by Crippen LogP contribution is 2.14. The molecular formula is C11H12F5NO. The lowest BCUT2D eigenvalue weighted by atomic mass is 10.2. The molecule has 1 N–H and O–H groups in total. The number of hydrogen-bond acceptors (Lipinski definition) is 2. The third kappa shape index (κ3) is 5.42. The maximum atomic E-state index is 13.1. The standard InChI is InChI=1S/C11H12F5NO/c12-9-2-1-3-10(13)8(9)6-17-4-5-18-7-11(14,15)16/h1-3,17H,4-7H2. The molecule has 1 aromatic carbocycles. The fourth-order valence-corrected chi connectivity index (χ4v) is 1.25. The average molecular weight is 269 g/mol. The Morgan fingerprint density at radius 2 is 1.72 bits per heavy atom. The SMILES string of the molecule is Fc1cccc(F)c1CNCCOCC(F)(F)F. The van der Waals surface area contributed by atoms with Crippen molar-refractivity contribution in [3.63, 3.8) is 0 Å². The summed E-state index contributed by atoms with van der Waals surface area (Å²) in [6.45, 7) is -1.55. The summed E-state index contributed by atoms with van der Waals surface area (Å²) in [6, 6.07) is 3.46. The van der Waals surface area contributed by atoms with E-state index in [4.69, 9.17) is 0 Å². The van der Waals surface area contributed by atoms with Crippen LogP contribution < -0.4 is 5.32 Å². The molecule has 18 heavy (non-hydrogen) atoms. The van der Waals surface area contributed by atoms with Gasteiger partial charge in [-0.3, -0.25) is 0 Å². The van der Waals surface area contributed by atoms with Gasteiger partial charge in [0.1, 0.15) is 18.2 Å². The summed E-state index contributed by atoms with van der Waals surface area (Å²) in [5.41, 5.74) is -0.145. The summed E-state index contributed by atoms with van der Waals surface area (Å²) >= 11 is 0. The van der Waals surface area contributed by atoms with Crippen LogP contribution in [0.4, 0.5) is 22.0 Å². The van der Waals surface area contributed by atoms with Crippen LogP contribution in [0.2, 0.25) is 0 Å². The van der Waals surface area contributed by atoms with Crippen LogP contribution in [-0.4, -0.2) is 25.9 Å². The fourth-order valence-electron chi connectivity index (χ4n) is 1.25. The number of ether oxygens (including phenoxy) is 1. The molecule has 7 heteroatoms. The first-order chi connectivity index (χ1) is 8.40. The van der Waals surface area contributed by atoms with Gasteiger partial charge in [-0.1, -0.05) is 6.07 Å². The van der Waals surface area contributed by atoms with Crippen molar-refractivity contribution >= 4 is 0 Å². The Bertz CT molecular complexity index is 360. The second-order valence-electron chi connectivity index (χ2n) is 3.54. The van der Waals surface area contributed by atoms with E-state index in [1.165, 1.54) is 6.07 Å². The lowest BCUT2D eigenvalue weighted by molar-refractivity contribution is -0.173.